The summed E-state index contributed by atoms with van der Waals surface area (Å²) in [6, 6.07) is 9.23. The van der Waals surface area contributed by atoms with Gasteiger partial charge in [0.05, 0.1) is 31.8 Å². The highest BCUT2D eigenvalue weighted by atomic mass is 32.2. The van der Waals surface area contributed by atoms with E-state index in [2.05, 4.69) is 5.32 Å². The zero-order valence-electron chi connectivity index (χ0n) is 18.6. The van der Waals surface area contributed by atoms with Crippen molar-refractivity contribution in [3.8, 4) is 17.2 Å². The van der Waals surface area contributed by atoms with Crippen LogP contribution in [0.25, 0.3) is 6.08 Å². The summed E-state index contributed by atoms with van der Waals surface area (Å²) in [5.74, 6) is -0.327. The maximum atomic E-state index is 12.9. The van der Waals surface area contributed by atoms with Gasteiger partial charge in [-0.15, -0.1) is 0 Å². The Balaban J connectivity index is 1.67. The first-order chi connectivity index (χ1) is 16.3. The summed E-state index contributed by atoms with van der Waals surface area (Å²) in [6.45, 7) is 0.107. The molecule has 0 radical (unpaired) electrons. The number of thioether (sulfide) groups is 1. The number of ether oxygens (including phenoxy) is 3. The van der Waals surface area contributed by atoms with Gasteiger partial charge in [0, 0.05) is 18.7 Å². The smallest absolute Gasteiger partial charge is 0.335 e. The van der Waals surface area contributed by atoms with Gasteiger partial charge >= 0.3 is 5.97 Å². The molecule has 1 fully saturated rings. The fourth-order valence-corrected chi connectivity index (χ4v) is 4.47. The Morgan fingerprint density at radius 3 is 2.24 bits per heavy atom. The number of aromatic carboxylic acids is 1. The highest BCUT2D eigenvalue weighted by molar-refractivity contribution is 8.26. The third-order valence-electron chi connectivity index (χ3n) is 4.84. The molecule has 3 rings (SSSR count). The molecule has 0 bridgehead atoms. The number of carbonyl (C=O) groups excluding carboxylic acids is 2. The summed E-state index contributed by atoms with van der Waals surface area (Å²) in [6.07, 6.45) is 1.69. The third kappa shape index (κ3) is 5.67. The summed E-state index contributed by atoms with van der Waals surface area (Å²) < 4.78 is 16.4. The van der Waals surface area contributed by atoms with Gasteiger partial charge in [0.2, 0.25) is 11.7 Å². The molecule has 0 aliphatic carbocycles. The molecule has 2 N–H and O–H groups in total. The topological polar surface area (TPSA) is 114 Å². The van der Waals surface area contributed by atoms with E-state index in [4.69, 9.17) is 31.5 Å². The molecule has 178 valence electrons. The van der Waals surface area contributed by atoms with E-state index in [1.54, 1.807) is 18.2 Å². The van der Waals surface area contributed by atoms with Gasteiger partial charge in [-0.1, -0.05) is 24.0 Å². The van der Waals surface area contributed by atoms with Crippen LogP contribution in [0.2, 0.25) is 0 Å². The van der Waals surface area contributed by atoms with Crippen molar-refractivity contribution in [3.63, 3.8) is 0 Å². The maximum Gasteiger partial charge on any atom is 0.335 e. The fraction of sp³-hybridized carbons (Fsp3) is 0.217. The summed E-state index contributed by atoms with van der Waals surface area (Å²) in [5.41, 5.74) is 1.25. The lowest BCUT2D eigenvalue weighted by molar-refractivity contribution is -0.122. The third-order valence-corrected chi connectivity index (χ3v) is 6.21. The molecule has 2 aromatic carbocycles. The van der Waals surface area contributed by atoms with Crippen LogP contribution in [0.5, 0.6) is 17.2 Å². The van der Waals surface area contributed by atoms with Crippen LogP contribution in [0.15, 0.2) is 41.3 Å². The number of benzene rings is 2. The predicted molar refractivity (Wildman–Crippen MR) is 133 cm³/mol. The van der Waals surface area contributed by atoms with Gasteiger partial charge in [-0.25, -0.2) is 4.79 Å². The van der Waals surface area contributed by atoms with Crippen LogP contribution in [0.4, 0.5) is 5.69 Å². The molecule has 1 saturated heterocycles. The van der Waals surface area contributed by atoms with Gasteiger partial charge in [-0.3, -0.25) is 14.5 Å². The molecular weight excluding hydrogens is 480 g/mol. The second-order valence-corrected chi connectivity index (χ2v) is 8.65. The number of carboxylic acids is 1. The lowest BCUT2D eigenvalue weighted by Gasteiger charge is -2.14. The van der Waals surface area contributed by atoms with E-state index >= 15 is 0 Å². The molecule has 9 nitrogen and oxygen atoms in total. The second kappa shape index (κ2) is 11.0. The number of carboxylic acid groups (broad SMARTS) is 1. The van der Waals surface area contributed by atoms with E-state index in [-0.39, 0.29) is 30.3 Å². The number of hydrogen-bond acceptors (Lipinski definition) is 8. The number of thiocarbonyl (C=S) groups is 1. The van der Waals surface area contributed by atoms with Gasteiger partial charge in [-0.2, -0.15) is 0 Å². The molecule has 11 heteroatoms. The summed E-state index contributed by atoms with van der Waals surface area (Å²) in [4.78, 5) is 37.9. The van der Waals surface area contributed by atoms with E-state index in [0.717, 1.165) is 11.8 Å². The fourth-order valence-electron chi connectivity index (χ4n) is 3.16. The predicted octanol–water partition coefficient (Wildman–Crippen LogP) is 3.64. The number of anilines is 1. The average molecular weight is 503 g/mol. The lowest BCUT2D eigenvalue weighted by Crippen LogP contribution is -2.31. The van der Waals surface area contributed by atoms with Crippen LogP contribution >= 0.6 is 24.0 Å². The Morgan fingerprint density at radius 2 is 1.71 bits per heavy atom. The molecule has 2 aromatic rings. The first kappa shape index (κ1) is 25.1. The normalized spacial score (nSPS) is 14.3. The quantitative estimate of drug-likeness (QED) is 0.392. The number of nitrogens with one attached hydrogen (secondary N) is 1. The van der Waals surface area contributed by atoms with Gasteiger partial charge in [0.15, 0.2) is 11.5 Å². The minimum absolute atomic E-state index is 0.0184. The zero-order valence-corrected chi connectivity index (χ0v) is 20.2. The Morgan fingerprint density at radius 1 is 1.09 bits per heavy atom. The van der Waals surface area contributed by atoms with Crippen molar-refractivity contribution < 1.29 is 33.7 Å². The van der Waals surface area contributed by atoms with Crippen molar-refractivity contribution in [2.75, 3.05) is 33.2 Å². The molecule has 0 aromatic heterocycles. The van der Waals surface area contributed by atoms with Crippen LogP contribution in [-0.4, -0.2) is 60.0 Å². The molecule has 34 heavy (non-hydrogen) atoms. The van der Waals surface area contributed by atoms with E-state index in [1.807, 2.05) is 0 Å². The number of nitrogens with zero attached hydrogens (tertiary/aromatic N) is 1. The molecule has 0 unspecified atom stereocenters. The van der Waals surface area contributed by atoms with Crippen molar-refractivity contribution in [2.24, 2.45) is 0 Å². The van der Waals surface area contributed by atoms with Crippen LogP contribution in [0.1, 0.15) is 22.3 Å². The largest absolute Gasteiger partial charge is 0.493 e. The standard InChI is InChI=1S/C23H22N2O7S2/c1-30-16-10-13(11-17(31-2)20(16)32-3)12-18-21(27)25(23(33)34-18)9-8-19(26)24-15-6-4-14(5-7-15)22(28)29/h4-7,10-12H,8-9H2,1-3H3,(H,24,26)(H,28,29)/b18-12-. The Hall–Kier alpha value is -3.57. The number of carbonyl (C=O) groups is 3. The van der Waals surface area contributed by atoms with Gasteiger partial charge in [0.25, 0.3) is 5.91 Å². The molecule has 1 heterocycles. The summed E-state index contributed by atoms with van der Waals surface area (Å²) >= 11 is 6.48. The van der Waals surface area contributed by atoms with Crippen LogP contribution in [0.3, 0.4) is 0 Å². The zero-order chi connectivity index (χ0) is 24.8. The van der Waals surface area contributed by atoms with Crippen molar-refractivity contribution in [2.45, 2.75) is 6.42 Å². The lowest BCUT2D eigenvalue weighted by atomic mass is 10.1. The number of methoxy groups -OCH3 is 3. The molecule has 1 aliphatic heterocycles. The van der Waals surface area contributed by atoms with E-state index < -0.39 is 5.97 Å². The first-order valence-corrected chi connectivity index (χ1v) is 11.2. The minimum Gasteiger partial charge on any atom is -0.493 e. The molecule has 0 atom stereocenters. The molecule has 0 spiro atoms. The second-order valence-electron chi connectivity index (χ2n) is 6.97. The average Bonchev–Trinajstić information content (AvgIpc) is 3.09. The van der Waals surface area contributed by atoms with Crippen LogP contribution in [0, 0.1) is 0 Å². The first-order valence-electron chi connectivity index (χ1n) is 9.96. The number of amides is 2. The highest BCUT2D eigenvalue weighted by Gasteiger charge is 2.32. The van der Waals surface area contributed by atoms with E-state index in [9.17, 15) is 14.4 Å². The van der Waals surface area contributed by atoms with Crippen molar-refractivity contribution >= 4 is 57.8 Å². The van der Waals surface area contributed by atoms with Gasteiger partial charge in [-0.05, 0) is 48.0 Å². The van der Waals surface area contributed by atoms with Crippen molar-refractivity contribution in [1.29, 1.82) is 0 Å². The monoisotopic (exact) mass is 502 g/mol. The Bertz CT molecular complexity index is 1140. The number of hydrogen-bond donors (Lipinski definition) is 2. The molecule has 0 saturated carbocycles. The van der Waals surface area contributed by atoms with Crippen molar-refractivity contribution in [1.82, 2.24) is 4.90 Å². The van der Waals surface area contributed by atoms with Crippen LogP contribution in [-0.2, 0) is 9.59 Å². The highest BCUT2D eigenvalue weighted by Crippen LogP contribution is 2.40. The van der Waals surface area contributed by atoms with Gasteiger partial charge < -0.3 is 24.6 Å². The molecule has 2 amide bonds. The Labute approximate surface area is 205 Å². The van der Waals surface area contributed by atoms with Crippen LogP contribution < -0.4 is 19.5 Å². The SMILES string of the molecule is COc1cc(/C=C2\SC(=S)N(CCC(=O)Nc3ccc(C(=O)O)cc3)C2=O)cc(OC)c1OC. The summed E-state index contributed by atoms with van der Waals surface area (Å²) in [5, 5.41) is 11.6. The molecule has 1 aliphatic rings. The van der Waals surface area contributed by atoms with Gasteiger partial charge in [0.1, 0.15) is 4.32 Å². The summed E-state index contributed by atoms with van der Waals surface area (Å²) in [7, 11) is 4.52. The van der Waals surface area contributed by atoms with E-state index in [1.165, 1.54) is 50.5 Å². The maximum absolute atomic E-state index is 12.9. The number of rotatable bonds is 9. The van der Waals surface area contributed by atoms with Crippen molar-refractivity contribution in [3.05, 3.63) is 52.4 Å². The minimum atomic E-state index is -1.05. The van der Waals surface area contributed by atoms with E-state index in [0.29, 0.717) is 37.7 Å². The molecular formula is C23H22N2O7S2. The Kier molecular flexibility index (Phi) is 8.13.